The summed E-state index contributed by atoms with van der Waals surface area (Å²) in [6.07, 6.45) is 0. The molecule has 1 aliphatic heterocycles. The van der Waals surface area contributed by atoms with Gasteiger partial charge in [-0.3, -0.25) is 10.1 Å². The number of hydrogen-bond acceptors (Lipinski definition) is 5. The Kier molecular flexibility index (Phi) is 4.86. The molecule has 0 amide bonds. The van der Waals surface area contributed by atoms with Crippen molar-refractivity contribution < 1.29 is 14.5 Å². The van der Waals surface area contributed by atoms with Gasteiger partial charge in [0.15, 0.2) is 5.11 Å². The van der Waals surface area contributed by atoms with Crippen molar-refractivity contribution in [2.75, 3.05) is 14.2 Å². The number of hydrogen-bond donors (Lipinski definition) is 1. The van der Waals surface area contributed by atoms with Crippen LogP contribution in [0.1, 0.15) is 18.5 Å². The van der Waals surface area contributed by atoms with Crippen LogP contribution in [0.5, 0.6) is 0 Å². The third-order valence-corrected chi connectivity index (χ3v) is 4.37. The summed E-state index contributed by atoms with van der Waals surface area (Å²) < 4.78 is 4.83. The first-order valence-corrected chi connectivity index (χ1v) is 7.33. The number of carbonyl (C=O) groups excluding carboxylic acids is 1. The summed E-state index contributed by atoms with van der Waals surface area (Å²) >= 11 is 11.1. The lowest BCUT2D eigenvalue weighted by atomic mass is 9.95. The molecule has 1 aromatic carbocycles. The molecule has 7 nitrogen and oxygen atoms in total. The molecule has 1 N–H and O–H groups in total. The van der Waals surface area contributed by atoms with E-state index in [9.17, 15) is 14.9 Å². The Morgan fingerprint density at radius 3 is 2.74 bits per heavy atom. The molecular formula is C14H14ClN3O4S. The van der Waals surface area contributed by atoms with Gasteiger partial charge in [0.1, 0.15) is 5.02 Å². The van der Waals surface area contributed by atoms with E-state index in [-0.39, 0.29) is 10.7 Å². The highest BCUT2D eigenvalue weighted by Crippen LogP contribution is 2.34. The summed E-state index contributed by atoms with van der Waals surface area (Å²) in [5, 5.41) is 14.5. The Labute approximate surface area is 143 Å². The molecule has 9 heteroatoms. The molecule has 0 aromatic heterocycles. The maximum absolute atomic E-state index is 12.1. The standard InChI is InChI=1S/C14H14ClN3O4S/c1-7-11(13(19)22-3)12(16-14(23)17(7)2)8-4-5-9(15)10(6-8)18(20)21/h4-6,12H,1-3H3,(H,16,23)/t12-/m1/s1. The number of nitrogens with zero attached hydrogens (tertiary/aromatic N) is 2. The third-order valence-electron chi connectivity index (χ3n) is 3.66. The second-order valence-corrected chi connectivity index (χ2v) is 5.69. The predicted molar refractivity (Wildman–Crippen MR) is 89.1 cm³/mol. The molecule has 0 saturated heterocycles. The molecule has 23 heavy (non-hydrogen) atoms. The molecule has 1 heterocycles. The van der Waals surface area contributed by atoms with Crippen LogP contribution in [0, 0.1) is 10.1 Å². The number of allylic oxidation sites excluding steroid dienone is 1. The van der Waals surface area contributed by atoms with E-state index in [2.05, 4.69) is 5.32 Å². The fraction of sp³-hybridized carbons (Fsp3) is 0.286. The van der Waals surface area contributed by atoms with Crippen molar-refractivity contribution in [3.63, 3.8) is 0 Å². The highest BCUT2D eigenvalue weighted by molar-refractivity contribution is 7.80. The molecule has 2 rings (SSSR count). The number of halogens is 1. The zero-order valence-electron chi connectivity index (χ0n) is 12.6. The molecule has 0 fully saturated rings. The van der Waals surface area contributed by atoms with Crippen LogP contribution in [0.2, 0.25) is 5.02 Å². The Bertz CT molecular complexity index is 735. The Morgan fingerprint density at radius 1 is 1.52 bits per heavy atom. The maximum Gasteiger partial charge on any atom is 0.337 e. The van der Waals surface area contributed by atoms with Gasteiger partial charge in [0.05, 0.1) is 23.6 Å². The van der Waals surface area contributed by atoms with Gasteiger partial charge in [0.25, 0.3) is 5.69 Å². The number of nitrogens with one attached hydrogen (secondary N) is 1. The minimum atomic E-state index is -0.651. The second kappa shape index (κ2) is 6.51. The molecule has 0 bridgehead atoms. The average molecular weight is 356 g/mol. The topological polar surface area (TPSA) is 84.7 Å². The van der Waals surface area contributed by atoms with Crippen molar-refractivity contribution in [1.82, 2.24) is 10.2 Å². The minimum absolute atomic E-state index is 0.0228. The number of carbonyl (C=O) groups is 1. The maximum atomic E-state index is 12.1. The van der Waals surface area contributed by atoms with Gasteiger partial charge in [0, 0.05) is 18.8 Å². The van der Waals surface area contributed by atoms with Crippen molar-refractivity contribution in [3.05, 3.63) is 50.2 Å². The van der Waals surface area contributed by atoms with Crippen LogP contribution < -0.4 is 5.32 Å². The summed E-state index contributed by atoms with van der Waals surface area (Å²) in [5.41, 5.74) is 1.21. The number of rotatable bonds is 3. The quantitative estimate of drug-likeness (QED) is 0.386. The van der Waals surface area contributed by atoms with E-state index >= 15 is 0 Å². The fourth-order valence-electron chi connectivity index (χ4n) is 2.31. The smallest absolute Gasteiger partial charge is 0.337 e. The third kappa shape index (κ3) is 3.13. The number of benzene rings is 1. The number of ether oxygens (including phenoxy) is 1. The number of esters is 1. The Balaban J connectivity index is 2.60. The van der Waals surface area contributed by atoms with Gasteiger partial charge in [-0.2, -0.15) is 0 Å². The predicted octanol–water partition coefficient (Wildman–Crippen LogP) is 2.56. The van der Waals surface area contributed by atoms with E-state index in [1.165, 1.54) is 19.2 Å². The first kappa shape index (κ1) is 17.2. The van der Waals surface area contributed by atoms with Gasteiger partial charge in [-0.1, -0.05) is 17.7 Å². The second-order valence-electron chi connectivity index (χ2n) is 4.90. The van der Waals surface area contributed by atoms with Crippen LogP contribution in [-0.4, -0.2) is 35.1 Å². The molecule has 0 unspecified atom stereocenters. The molecule has 0 aliphatic carbocycles. The van der Waals surface area contributed by atoms with Crippen molar-refractivity contribution >= 4 is 40.6 Å². The minimum Gasteiger partial charge on any atom is -0.466 e. The molecule has 122 valence electrons. The summed E-state index contributed by atoms with van der Waals surface area (Å²) in [7, 11) is 2.99. The van der Waals surface area contributed by atoms with Gasteiger partial charge in [-0.15, -0.1) is 0 Å². The Morgan fingerprint density at radius 2 is 2.17 bits per heavy atom. The summed E-state index contributed by atoms with van der Waals surface area (Å²) in [5.74, 6) is -0.535. The number of thiocarbonyl (C=S) groups is 1. The summed E-state index contributed by atoms with van der Waals surface area (Å²) in [6.45, 7) is 1.73. The summed E-state index contributed by atoms with van der Waals surface area (Å²) in [6, 6.07) is 3.70. The van der Waals surface area contributed by atoms with E-state index in [1.54, 1.807) is 24.9 Å². The van der Waals surface area contributed by atoms with Crippen molar-refractivity contribution in [1.29, 1.82) is 0 Å². The van der Waals surface area contributed by atoms with Crippen LogP contribution in [0.25, 0.3) is 0 Å². The van der Waals surface area contributed by atoms with Gasteiger partial charge >= 0.3 is 5.97 Å². The molecule has 1 aliphatic rings. The lowest BCUT2D eigenvalue weighted by molar-refractivity contribution is -0.384. The van der Waals surface area contributed by atoms with Crippen LogP contribution >= 0.6 is 23.8 Å². The summed E-state index contributed by atoms with van der Waals surface area (Å²) in [4.78, 5) is 24.3. The van der Waals surface area contributed by atoms with Crippen molar-refractivity contribution in [2.24, 2.45) is 0 Å². The van der Waals surface area contributed by atoms with Crippen LogP contribution in [0.15, 0.2) is 29.5 Å². The van der Waals surface area contributed by atoms with Gasteiger partial charge in [-0.25, -0.2) is 4.79 Å². The first-order chi connectivity index (χ1) is 10.8. The van der Waals surface area contributed by atoms with E-state index in [1.807, 2.05) is 0 Å². The van der Waals surface area contributed by atoms with E-state index in [0.29, 0.717) is 21.9 Å². The molecule has 0 saturated carbocycles. The van der Waals surface area contributed by atoms with E-state index in [0.717, 1.165) is 0 Å². The fourth-order valence-corrected chi connectivity index (χ4v) is 2.75. The lowest BCUT2D eigenvalue weighted by Gasteiger charge is -2.35. The van der Waals surface area contributed by atoms with Gasteiger partial charge in [0.2, 0.25) is 0 Å². The Hall–Kier alpha value is -2.19. The van der Waals surface area contributed by atoms with Crippen molar-refractivity contribution in [2.45, 2.75) is 13.0 Å². The highest BCUT2D eigenvalue weighted by Gasteiger charge is 2.34. The SMILES string of the molecule is COC(=O)C1=C(C)N(C)C(=S)N[C@@H]1c1ccc(Cl)c([N+](=O)[O-])c1. The zero-order chi connectivity index (χ0) is 17.3. The van der Waals surface area contributed by atoms with E-state index in [4.69, 9.17) is 28.6 Å². The van der Waals surface area contributed by atoms with Crippen LogP contribution in [0.4, 0.5) is 5.69 Å². The monoisotopic (exact) mass is 355 g/mol. The molecular weight excluding hydrogens is 342 g/mol. The highest BCUT2D eigenvalue weighted by atomic mass is 35.5. The molecule has 0 radical (unpaired) electrons. The zero-order valence-corrected chi connectivity index (χ0v) is 14.2. The molecule has 1 aromatic rings. The normalized spacial score (nSPS) is 17.8. The number of methoxy groups -OCH3 is 1. The average Bonchev–Trinajstić information content (AvgIpc) is 2.51. The van der Waals surface area contributed by atoms with E-state index < -0.39 is 16.9 Å². The van der Waals surface area contributed by atoms with Crippen LogP contribution in [-0.2, 0) is 9.53 Å². The number of nitro groups is 1. The van der Waals surface area contributed by atoms with Crippen LogP contribution in [0.3, 0.4) is 0 Å². The first-order valence-electron chi connectivity index (χ1n) is 6.55. The molecule has 1 atom stereocenters. The largest absolute Gasteiger partial charge is 0.466 e. The lowest BCUT2D eigenvalue weighted by Crippen LogP contribution is -2.46. The van der Waals surface area contributed by atoms with Gasteiger partial charge in [-0.05, 0) is 30.8 Å². The molecule has 0 spiro atoms. The van der Waals surface area contributed by atoms with Gasteiger partial charge < -0.3 is 15.0 Å². The number of nitro benzene ring substituents is 1. The van der Waals surface area contributed by atoms with Crippen molar-refractivity contribution in [3.8, 4) is 0 Å².